The van der Waals surface area contributed by atoms with Gasteiger partial charge in [-0.05, 0) is 93.4 Å². The largest absolute Gasteiger partial charge is 0.386 e. The maximum atomic E-state index is 4.44. The van der Waals surface area contributed by atoms with E-state index in [-0.39, 0.29) is 0 Å². The van der Waals surface area contributed by atoms with Gasteiger partial charge in [0.1, 0.15) is 0 Å². The second kappa shape index (κ2) is 16.1. The molecule has 0 saturated heterocycles. The van der Waals surface area contributed by atoms with Crippen molar-refractivity contribution in [1.29, 1.82) is 0 Å². The Morgan fingerprint density at radius 2 is 1.57 bits per heavy atom. The Kier molecular flexibility index (Phi) is 13.3. The quantitative estimate of drug-likeness (QED) is 0.169. The van der Waals surface area contributed by atoms with Crippen LogP contribution in [0.1, 0.15) is 88.5 Å². The molecule has 0 aliphatic heterocycles. The van der Waals surface area contributed by atoms with Crippen LogP contribution < -0.4 is 5.32 Å². The Hall–Kier alpha value is -2.80. The molecule has 0 amide bonds. The molecule has 0 heterocycles. The zero-order valence-electron chi connectivity index (χ0n) is 24.3. The molecule has 37 heavy (non-hydrogen) atoms. The monoisotopic (exact) mass is 497 g/mol. The van der Waals surface area contributed by atoms with Gasteiger partial charge in [0, 0.05) is 11.7 Å². The summed E-state index contributed by atoms with van der Waals surface area (Å²) in [5.74, 6) is 1.25. The van der Waals surface area contributed by atoms with Gasteiger partial charge in [0.2, 0.25) is 0 Å². The minimum absolute atomic E-state index is 0.363. The fourth-order valence-electron chi connectivity index (χ4n) is 5.15. The lowest BCUT2D eigenvalue weighted by Crippen LogP contribution is -2.28. The third-order valence-electron chi connectivity index (χ3n) is 7.60. The van der Waals surface area contributed by atoms with Gasteiger partial charge in [0.15, 0.2) is 0 Å². The van der Waals surface area contributed by atoms with Crippen LogP contribution in [0.4, 0.5) is 0 Å². The molecule has 1 nitrogen and oxygen atoms in total. The van der Waals surface area contributed by atoms with E-state index < -0.39 is 0 Å². The molecule has 1 N–H and O–H groups in total. The number of hydrogen-bond donors (Lipinski definition) is 1. The summed E-state index contributed by atoms with van der Waals surface area (Å²) in [6.07, 6.45) is 13.2. The first-order valence-electron chi connectivity index (χ1n) is 14.3. The van der Waals surface area contributed by atoms with Crippen LogP contribution in [0.5, 0.6) is 0 Å². The van der Waals surface area contributed by atoms with Gasteiger partial charge in [0.25, 0.3) is 0 Å². The molecule has 0 saturated carbocycles. The second-order valence-electron chi connectivity index (χ2n) is 11.0. The van der Waals surface area contributed by atoms with E-state index in [2.05, 4.69) is 114 Å². The van der Waals surface area contributed by atoms with Crippen LogP contribution in [0.3, 0.4) is 0 Å². The van der Waals surface area contributed by atoms with Crippen LogP contribution in [-0.2, 0) is 12.8 Å². The average Bonchev–Trinajstić information content (AvgIpc) is 2.88. The van der Waals surface area contributed by atoms with Crippen molar-refractivity contribution in [3.63, 3.8) is 0 Å². The lowest BCUT2D eigenvalue weighted by Gasteiger charge is -2.24. The Morgan fingerprint density at radius 1 is 0.919 bits per heavy atom. The van der Waals surface area contributed by atoms with Gasteiger partial charge in [-0.15, -0.1) is 0 Å². The number of hydrogen-bond acceptors (Lipinski definition) is 1. The molecule has 0 bridgehead atoms. The smallest absolute Gasteiger partial charge is 0.0270 e. The van der Waals surface area contributed by atoms with E-state index in [1.807, 2.05) is 6.08 Å². The zero-order valence-corrected chi connectivity index (χ0v) is 24.3. The molecule has 0 radical (unpaired) electrons. The lowest BCUT2D eigenvalue weighted by atomic mass is 9.86. The zero-order chi connectivity index (χ0) is 27.2. The highest BCUT2D eigenvalue weighted by Crippen LogP contribution is 2.27. The summed E-state index contributed by atoms with van der Waals surface area (Å²) in [5, 5.41) is 3.69. The second-order valence-corrected chi connectivity index (χ2v) is 11.0. The normalized spacial score (nSPS) is 14.0. The standard InChI is InChI=1S/C36H51N/c1-9-12-33(20-16-29(6)28(5)15-19-32-17-13-27(4)14-18-32)25-30(7)37-31(8)26-34-21-23-36(24-22-34)35(10-2)11-3/h10-11,13-14,17-18,21-24,29,31,33,37H,2,5,7,9,12,15-16,19-20,25-26H2,1,3-4,6,8H3/b35-11+. The minimum atomic E-state index is 0.363. The number of aryl methyl sites for hydroxylation is 2. The fraction of sp³-hybridized carbons (Fsp3) is 0.444. The molecule has 3 unspecified atom stereocenters. The predicted octanol–water partition coefficient (Wildman–Crippen LogP) is 10.0. The summed E-state index contributed by atoms with van der Waals surface area (Å²) in [4.78, 5) is 0. The van der Waals surface area contributed by atoms with Crippen LogP contribution in [0.15, 0.2) is 91.7 Å². The van der Waals surface area contributed by atoms with Crippen molar-refractivity contribution >= 4 is 5.57 Å². The number of benzene rings is 2. The molecule has 0 spiro atoms. The van der Waals surface area contributed by atoms with E-state index in [4.69, 9.17) is 0 Å². The molecule has 0 aliphatic carbocycles. The molecule has 2 aromatic rings. The molecule has 0 aliphatic rings. The molecular formula is C36H51N. The summed E-state index contributed by atoms with van der Waals surface area (Å²) >= 11 is 0. The van der Waals surface area contributed by atoms with Gasteiger partial charge < -0.3 is 5.32 Å². The SMILES string of the molecule is C=C/C(=C\C)c1ccc(CC(C)NC(=C)CC(CCC)CCC(C)C(=C)CCc2ccc(C)cc2)cc1. The predicted molar refractivity (Wildman–Crippen MR) is 166 cm³/mol. The maximum absolute atomic E-state index is 4.44. The Bertz CT molecular complexity index is 1010. The summed E-state index contributed by atoms with van der Waals surface area (Å²) < 4.78 is 0. The van der Waals surface area contributed by atoms with Gasteiger partial charge in [-0.1, -0.05) is 118 Å². The highest BCUT2D eigenvalue weighted by molar-refractivity contribution is 5.73. The third kappa shape index (κ3) is 11.0. The van der Waals surface area contributed by atoms with E-state index in [1.54, 1.807) is 0 Å². The molecule has 2 aromatic carbocycles. The number of rotatable bonds is 17. The average molecular weight is 498 g/mol. The molecule has 1 heteroatoms. The van der Waals surface area contributed by atoms with Gasteiger partial charge >= 0.3 is 0 Å². The van der Waals surface area contributed by atoms with E-state index in [9.17, 15) is 0 Å². The first-order chi connectivity index (χ1) is 17.7. The molecule has 3 atom stereocenters. The minimum Gasteiger partial charge on any atom is -0.386 e. The van der Waals surface area contributed by atoms with Crippen LogP contribution in [-0.4, -0.2) is 6.04 Å². The molecule has 0 aromatic heterocycles. The Balaban J connectivity index is 1.78. The van der Waals surface area contributed by atoms with Gasteiger partial charge in [-0.25, -0.2) is 0 Å². The van der Waals surface area contributed by atoms with Gasteiger partial charge in [-0.3, -0.25) is 0 Å². The Labute approximate surface area is 228 Å². The summed E-state index contributed by atoms with van der Waals surface area (Å²) in [6, 6.07) is 18.1. The van der Waals surface area contributed by atoms with Crippen LogP contribution >= 0.6 is 0 Å². The van der Waals surface area contributed by atoms with Gasteiger partial charge in [0.05, 0.1) is 0 Å². The topological polar surface area (TPSA) is 12.0 Å². The highest BCUT2D eigenvalue weighted by atomic mass is 14.9. The van der Waals surface area contributed by atoms with Crippen molar-refractivity contribution in [3.05, 3.63) is 114 Å². The van der Waals surface area contributed by atoms with Crippen molar-refractivity contribution in [2.45, 2.75) is 92.0 Å². The third-order valence-corrected chi connectivity index (χ3v) is 7.60. The van der Waals surface area contributed by atoms with Crippen molar-refractivity contribution in [1.82, 2.24) is 5.32 Å². The van der Waals surface area contributed by atoms with Gasteiger partial charge in [-0.2, -0.15) is 0 Å². The fourth-order valence-corrected chi connectivity index (χ4v) is 5.15. The number of nitrogens with one attached hydrogen (secondary N) is 1. The van der Waals surface area contributed by atoms with Crippen LogP contribution in [0.2, 0.25) is 0 Å². The first kappa shape index (κ1) is 30.4. The van der Waals surface area contributed by atoms with E-state index in [0.717, 1.165) is 25.7 Å². The number of allylic oxidation sites excluding steroid dienone is 5. The van der Waals surface area contributed by atoms with Crippen molar-refractivity contribution in [2.24, 2.45) is 11.8 Å². The van der Waals surface area contributed by atoms with Crippen molar-refractivity contribution < 1.29 is 0 Å². The maximum Gasteiger partial charge on any atom is 0.0270 e. The summed E-state index contributed by atoms with van der Waals surface area (Å²) in [5.41, 5.74) is 9.05. The Morgan fingerprint density at radius 3 is 2.16 bits per heavy atom. The molecule has 200 valence electrons. The van der Waals surface area contributed by atoms with Crippen molar-refractivity contribution in [3.8, 4) is 0 Å². The van der Waals surface area contributed by atoms with E-state index >= 15 is 0 Å². The summed E-state index contributed by atoms with van der Waals surface area (Å²) in [6.45, 7) is 23.9. The first-order valence-corrected chi connectivity index (χ1v) is 14.3. The van der Waals surface area contributed by atoms with Crippen LogP contribution in [0.25, 0.3) is 5.57 Å². The highest BCUT2D eigenvalue weighted by Gasteiger charge is 2.15. The van der Waals surface area contributed by atoms with Crippen LogP contribution in [0, 0.1) is 18.8 Å². The molecule has 0 fully saturated rings. The lowest BCUT2D eigenvalue weighted by molar-refractivity contribution is 0.388. The molecular weight excluding hydrogens is 446 g/mol. The van der Waals surface area contributed by atoms with E-state index in [0.29, 0.717) is 17.9 Å². The molecule has 2 rings (SSSR count). The van der Waals surface area contributed by atoms with Crippen molar-refractivity contribution in [2.75, 3.05) is 0 Å². The van der Waals surface area contributed by atoms with E-state index in [1.165, 1.54) is 64.8 Å². The summed E-state index contributed by atoms with van der Waals surface area (Å²) in [7, 11) is 0.